The number of carbonyl (C=O) groups is 2. The predicted molar refractivity (Wildman–Crippen MR) is 148 cm³/mol. The number of anilines is 1. The number of thiazole rings is 1. The Morgan fingerprint density at radius 1 is 0.976 bits per heavy atom. The van der Waals surface area contributed by atoms with E-state index in [-0.39, 0.29) is 27.8 Å². The average molecular weight is 579 g/mol. The fourth-order valence-electron chi connectivity index (χ4n) is 4.94. The van der Waals surface area contributed by atoms with Gasteiger partial charge in [0.15, 0.2) is 28.1 Å². The van der Waals surface area contributed by atoms with Crippen molar-refractivity contribution >= 4 is 44.1 Å². The van der Waals surface area contributed by atoms with Gasteiger partial charge < -0.3 is 28.8 Å². The van der Waals surface area contributed by atoms with Crippen molar-refractivity contribution < 1.29 is 42.8 Å². The molecule has 41 heavy (non-hydrogen) atoms. The molecule has 1 saturated heterocycles. The van der Waals surface area contributed by atoms with E-state index in [1.165, 1.54) is 44.4 Å². The normalized spacial score (nSPS) is 17.7. The van der Waals surface area contributed by atoms with Gasteiger partial charge in [0.2, 0.25) is 5.75 Å². The Hall–Kier alpha value is -4.84. The summed E-state index contributed by atoms with van der Waals surface area (Å²) in [6.07, 6.45) is 0. The predicted octanol–water partition coefficient (Wildman–Crippen LogP) is 4.86. The number of halogens is 1. The zero-order valence-corrected chi connectivity index (χ0v) is 22.9. The summed E-state index contributed by atoms with van der Waals surface area (Å²) in [5.74, 6) is -0.982. The molecule has 0 saturated carbocycles. The van der Waals surface area contributed by atoms with Gasteiger partial charge in [0.05, 0.1) is 43.2 Å². The second-order valence-electron chi connectivity index (χ2n) is 9.09. The molecule has 1 amide bonds. The number of ether oxygens (including phenoxy) is 5. The van der Waals surface area contributed by atoms with E-state index in [4.69, 9.17) is 23.7 Å². The maximum absolute atomic E-state index is 14.0. The van der Waals surface area contributed by atoms with Crippen LogP contribution in [0.2, 0.25) is 0 Å². The average Bonchev–Trinajstić information content (AvgIpc) is 3.52. The zero-order chi connectivity index (χ0) is 28.8. The number of methoxy groups -OCH3 is 3. The number of amides is 1. The van der Waals surface area contributed by atoms with Crippen LogP contribution in [0.4, 0.5) is 9.52 Å². The number of benzene rings is 3. The summed E-state index contributed by atoms with van der Waals surface area (Å²) in [6, 6.07) is 10.8. The van der Waals surface area contributed by atoms with Crippen LogP contribution >= 0.6 is 11.3 Å². The Morgan fingerprint density at radius 3 is 2.37 bits per heavy atom. The molecule has 0 spiro atoms. The summed E-state index contributed by atoms with van der Waals surface area (Å²) in [5, 5.41) is 11.7. The standard InChI is InChI=1S/C29H23FN2O8S/c1-36-20-11-15(12-21(37-2)27(20)38-3)24-23(25(33)14-4-7-18-19(10-14)40-9-8-39-18)26(34)28(35)32(24)29-31-17-6-5-16(30)13-22(17)41-29/h4-7,10-13,24,33H,8-9H2,1-3H3/b25-23+. The van der Waals surface area contributed by atoms with Gasteiger partial charge in [0, 0.05) is 5.56 Å². The molecule has 4 aromatic rings. The SMILES string of the molecule is COc1cc(C2/C(=C(\O)c3ccc4c(c3)OCCO4)C(=O)C(=O)N2c2nc3ccc(F)cc3s2)cc(OC)c1OC. The highest BCUT2D eigenvalue weighted by Gasteiger charge is 2.48. The summed E-state index contributed by atoms with van der Waals surface area (Å²) >= 11 is 1.04. The Labute approximate surface area is 237 Å². The molecule has 1 fully saturated rings. The quantitative estimate of drug-likeness (QED) is 0.195. The highest BCUT2D eigenvalue weighted by Crippen LogP contribution is 2.48. The number of carbonyl (C=O) groups excluding carboxylic acids is 2. The fourth-order valence-corrected chi connectivity index (χ4v) is 5.96. The molecular formula is C29H23FN2O8S. The molecule has 1 aromatic heterocycles. The molecule has 2 aliphatic heterocycles. The number of hydrogen-bond donors (Lipinski definition) is 1. The van der Waals surface area contributed by atoms with Crippen molar-refractivity contribution in [2.24, 2.45) is 0 Å². The Morgan fingerprint density at radius 2 is 1.68 bits per heavy atom. The first kappa shape index (κ1) is 26.4. The smallest absolute Gasteiger partial charge is 0.301 e. The summed E-state index contributed by atoms with van der Waals surface area (Å²) in [6.45, 7) is 0.710. The van der Waals surface area contributed by atoms with E-state index in [2.05, 4.69) is 4.98 Å². The van der Waals surface area contributed by atoms with Gasteiger partial charge in [-0.1, -0.05) is 11.3 Å². The lowest BCUT2D eigenvalue weighted by atomic mass is 9.94. The first-order valence-electron chi connectivity index (χ1n) is 12.4. The van der Waals surface area contributed by atoms with Crippen LogP contribution < -0.4 is 28.6 Å². The van der Waals surface area contributed by atoms with Crippen LogP contribution in [0.1, 0.15) is 17.2 Å². The van der Waals surface area contributed by atoms with Gasteiger partial charge in [-0.05, 0) is 54.1 Å². The highest BCUT2D eigenvalue weighted by atomic mass is 32.1. The first-order valence-corrected chi connectivity index (χ1v) is 13.2. The molecule has 1 N–H and O–H groups in total. The maximum atomic E-state index is 14.0. The van der Waals surface area contributed by atoms with Gasteiger partial charge in [-0.25, -0.2) is 9.37 Å². The van der Waals surface area contributed by atoms with Crippen molar-refractivity contribution in [2.75, 3.05) is 39.4 Å². The molecule has 210 valence electrons. The van der Waals surface area contributed by atoms with Crippen molar-refractivity contribution in [3.63, 3.8) is 0 Å². The van der Waals surface area contributed by atoms with Gasteiger partial charge >= 0.3 is 5.91 Å². The molecule has 2 aliphatic rings. The van der Waals surface area contributed by atoms with E-state index < -0.39 is 29.3 Å². The van der Waals surface area contributed by atoms with E-state index in [9.17, 15) is 19.1 Å². The summed E-state index contributed by atoms with van der Waals surface area (Å²) in [5.41, 5.74) is 0.884. The van der Waals surface area contributed by atoms with Crippen LogP contribution in [-0.2, 0) is 9.59 Å². The van der Waals surface area contributed by atoms with Crippen LogP contribution in [-0.4, -0.2) is 56.3 Å². The first-order chi connectivity index (χ1) is 19.8. The van der Waals surface area contributed by atoms with Gasteiger partial charge in [-0.2, -0.15) is 0 Å². The third-order valence-electron chi connectivity index (χ3n) is 6.81. The van der Waals surface area contributed by atoms with Crippen LogP contribution in [0, 0.1) is 5.82 Å². The number of rotatable bonds is 6. The molecule has 3 aromatic carbocycles. The third kappa shape index (κ3) is 4.36. The minimum Gasteiger partial charge on any atom is -0.507 e. The highest BCUT2D eigenvalue weighted by molar-refractivity contribution is 7.22. The number of aromatic nitrogens is 1. The Bertz CT molecular complexity index is 1730. The molecule has 3 heterocycles. The number of nitrogens with zero attached hydrogens (tertiary/aromatic N) is 2. The van der Waals surface area contributed by atoms with E-state index in [0.717, 1.165) is 11.3 Å². The number of fused-ring (bicyclic) bond motifs is 2. The maximum Gasteiger partial charge on any atom is 0.301 e. The van der Waals surface area contributed by atoms with E-state index >= 15 is 0 Å². The van der Waals surface area contributed by atoms with Crippen LogP contribution in [0.5, 0.6) is 28.7 Å². The Balaban J connectivity index is 1.59. The van der Waals surface area contributed by atoms with Crippen LogP contribution in [0.25, 0.3) is 16.0 Å². The molecular weight excluding hydrogens is 555 g/mol. The van der Waals surface area contributed by atoms with Crippen LogP contribution in [0.3, 0.4) is 0 Å². The number of Topliss-reactive ketones (excluding diaryl/α,β-unsaturated/α-hetero) is 1. The van der Waals surface area contributed by atoms with E-state index in [1.807, 2.05) is 0 Å². The van der Waals surface area contributed by atoms with Gasteiger partial charge in [-0.15, -0.1) is 0 Å². The molecule has 10 nitrogen and oxygen atoms in total. The molecule has 0 bridgehead atoms. The lowest BCUT2D eigenvalue weighted by Crippen LogP contribution is -2.29. The molecule has 1 unspecified atom stereocenters. The lowest BCUT2D eigenvalue weighted by molar-refractivity contribution is -0.132. The van der Waals surface area contributed by atoms with Gasteiger partial charge in [-0.3, -0.25) is 14.5 Å². The second-order valence-corrected chi connectivity index (χ2v) is 10.1. The van der Waals surface area contributed by atoms with Crippen molar-refractivity contribution in [3.05, 3.63) is 71.0 Å². The number of ketones is 1. The van der Waals surface area contributed by atoms with Crippen molar-refractivity contribution in [1.29, 1.82) is 0 Å². The lowest BCUT2D eigenvalue weighted by Gasteiger charge is -2.25. The Kier molecular flexibility index (Phi) is 6.62. The van der Waals surface area contributed by atoms with E-state index in [1.54, 1.807) is 30.3 Å². The second kappa shape index (κ2) is 10.3. The third-order valence-corrected chi connectivity index (χ3v) is 7.83. The molecule has 0 radical (unpaired) electrons. The number of hydrogen-bond acceptors (Lipinski definition) is 10. The van der Waals surface area contributed by atoms with E-state index in [0.29, 0.717) is 46.2 Å². The fraction of sp³-hybridized carbons (Fsp3) is 0.207. The molecule has 12 heteroatoms. The molecule has 6 rings (SSSR count). The monoisotopic (exact) mass is 578 g/mol. The van der Waals surface area contributed by atoms with Crippen molar-refractivity contribution in [2.45, 2.75) is 6.04 Å². The summed E-state index contributed by atoms with van der Waals surface area (Å²) < 4.78 is 42.2. The van der Waals surface area contributed by atoms with Crippen LogP contribution in [0.15, 0.2) is 54.1 Å². The minimum absolute atomic E-state index is 0.146. The summed E-state index contributed by atoms with van der Waals surface area (Å²) in [7, 11) is 4.33. The largest absolute Gasteiger partial charge is 0.507 e. The van der Waals surface area contributed by atoms with Crippen molar-refractivity contribution in [1.82, 2.24) is 4.98 Å². The van der Waals surface area contributed by atoms with Gasteiger partial charge in [0.25, 0.3) is 5.78 Å². The zero-order valence-electron chi connectivity index (χ0n) is 22.1. The minimum atomic E-state index is -1.15. The van der Waals surface area contributed by atoms with Crippen molar-refractivity contribution in [3.8, 4) is 28.7 Å². The van der Waals surface area contributed by atoms with Gasteiger partial charge in [0.1, 0.15) is 24.8 Å². The number of aliphatic hydroxyl groups excluding tert-OH is 1. The molecule has 1 atom stereocenters. The number of aliphatic hydroxyl groups is 1. The summed E-state index contributed by atoms with van der Waals surface area (Å²) in [4.78, 5) is 33.0. The molecule has 0 aliphatic carbocycles. The topological polar surface area (TPSA) is 117 Å².